The number of aryl methyl sites for hydroxylation is 1. The number of para-hydroxylation sites is 1. The van der Waals surface area contributed by atoms with E-state index >= 15 is 0 Å². The summed E-state index contributed by atoms with van der Waals surface area (Å²) in [6.45, 7) is 8.51. The molecular weight excluding hydrogens is 294 g/mol. The topological polar surface area (TPSA) is 28.6 Å². The number of rotatable bonds is 2. The predicted molar refractivity (Wildman–Crippen MR) is 92.0 cm³/mol. The molecule has 0 spiro atoms. The maximum atomic E-state index is 5.55. The fourth-order valence-corrected chi connectivity index (χ4v) is 4.61. The fourth-order valence-electron chi connectivity index (χ4n) is 3.51. The third kappa shape index (κ3) is 2.73. The van der Waals surface area contributed by atoms with Crippen molar-refractivity contribution in [1.82, 2.24) is 9.88 Å². The lowest BCUT2D eigenvalue weighted by Crippen LogP contribution is -2.38. The number of fused-ring (bicyclic) bond motifs is 1. The molecule has 22 heavy (non-hydrogen) atoms. The minimum absolute atomic E-state index is 0.637. The minimum Gasteiger partial charge on any atom is -0.380 e. The lowest BCUT2D eigenvalue weighted by molar-refractivity contribution is 0.148. The Labute approximate surface area is 135 Å². The SMILES string of the molecule is Cc1cccc2sc(N3CCCN(C4CCOC4)CC3)nc12. The molecule has 1 aromatic heterocycles. The number of ether oxygens (including phenoxy) is 1. The molecule has 4 nitrogen and oxygen atoms in total. The van der Waals surface area contributed by atoms with Crippen LogP contribution in [0.3, 0.4) is 0 Å². The molecule has 1 aromatic carbocycles. The standard InChI is InChI=1S/C17H23N3OS/c1-13-4-2-5-15-16(13)18-17(22-15)20-8-3-7-19(9-10-20)14-6-11-21-12-14/h2,4-5,14H,3,6-12H2,1H3. The van der Waals surface area contributed by atoms with E-state index in [1.165, 1.54) is 40.3 Å². The van der Waals surface area contributed by atoms with Crippen molar-refractivity contribution in [2.24, 2.45) is 0 Å². The number of hydrogen-bond acceptors (Lipinski definition) is 5. The number of thiazole rings is 1. The van der Waals surface area contributed by atoms with Crippen molar-refractivity contribution >= 4 is 26.7 Å². The molecule has 118 valence electrons. The van der Waals surface area contributed by atoms with Crippen LogP contribution in [0.1, 0.15) is 18.4 Å². The van der Waals surface area contributed by atoms with Crippen LogP contribution in [-0.4, -0.2) is 55.3 Å². The molecule has 0 saturated carbocycles. The highest BCUT2D eigenvalue weighted by Gasteiger charge is 2.26. The van der Waals surface area contributed by atoms with Gasteiger partial charge < -0.3 is 9.64 Å². The second-order valence-electron chi connectivity index (χ2n) is 6.31. The predicted octanol–water partition coefficient (Wildman–Crippen LogP) is 2.91. The molecule has 1 atom stereocenters. The highest BCUT2D eigenvalue weighted by Crippen LogP contribution is 2.31. The first-order valence-electron chi connectivity index (χ1n) is 8.24. The van der Waals surface area contributed by atoms with Gasteiger partial charge >= 0.3 is 0 Å². The van der Waals surface area contributed by atoms with Crippen LogP contribution in [0, 0.1) is 6.92 Å². The van der Waals surface area contributed by atoms with E-state index in [1.807, 2.05) is 11.3 Å². The van der Waals surface area contributed by atoms with Gasteiger partial charge in [-0.25, -0.2) is 4.98 Å². The first-order chi connectivity index (χ1) is 10.8. The van der Waals surface area contributed by atoms with Crippen LogP contribution in [0.2, 0.25) is 0 Å². The molecular formula is C17H23N3OS. The van der Waals surface area contributed by atoms with Crippen molar-refractivity contribution in [2.45, 2.75) is 25.8 Å². The van der Waals surface area contributed by atoms with Crippen LogP contribution in [-0.2, 0) is 4.74 Å². The van der Waals surface area contributed by atoms with E-state index in [2.05, 4.69) is 34.9 Å². The molecule has 2 aliphatic heterocycles. The minimum atomic E-state index is 0.637. The molecule has 0 amide bonds. The van der Waals surface area contributed by atoms with Gasteiger partial charge in [0.25, 0.3) is 0 Å². The molecule has 2 fully saturated rings. The van der Waals surface area contributed by atoms with Gasteiger partial charge in [-0.05, 0) is 31.4 Å². The maximum absolute atomic E-state index is 5.55. The smallest absolute Gasteiger partial charge is 0.186 e. The van der Waals surface area contributed by atoms with Gasteiger partial charge in [0.15, 0.2) is 5.13 Å². The summed E-state index contributed by atoms with van der Waals surface area (Å²) in [4.78, 5) is 9.99. The first-order valence-corrected chi connectivity index (χ1v) is 9.06. The quantitative estimate of drug-likeness (QED) is 0.851. The van der Waals surface area contributed by atoms with Crippen molar-refractivity contribution in [3.8, 4) is 0 Å². The molecule has 2 saturated heterocycles. The summed E-state index contributed by atoms with van der Waals surface area (Å²) in [6.07, 6.45) is 2.41. The highest BCUT2D eigenvalue weighted by atomic mass is 32.1. The Morgan fingerprint density at radius 3 is 3.00 bits per heavy atom. The van der Waals surface area contributed by atoms with Gasteiger partial charge in [-0.2, -0.15) is 0 Å². The summed E-state index contributed by atoms with van der Waals surface area (Å²) >= 11 is 1.83. The number of aromatic nitrogens is 1. The molecule has 0 bridgehead atoms. The molecule has 5 heteroatoms. The van der Waals surface area contributed by atoms with Gasteiger partial charge in [-0.1, -0.05) is 23.5 Å². The van der Waals surface area contributed by atoms with E-state index in [9.17, 15) is 0 Å². The molecule has 0 aliphatic carbocycles. The van der Waals surface area contributed by atoms with Crippen molar-refractivity contribution in [3.63, 3.8) is 0 Å². The normalized spacial score (nSPS) is 24.0. The van der Waals surface area contributed by atoms with Crippen LogP contribution < -0.4 is 4.90 Å². The Bertz CT molecular complexity index is 650. The van der Waals surface area contributed by atoms with E-state index in [0.717, 1.165) is 32.8 Å². The number of nitrogens with zero attached hydrogens (tertiary/aromatic N) is 3. The largest absolute Gasteiger partial charge is 0.380 e. The monoisotopic (exact) mass is 317 g/mol. The van der Waals surface area contributed by atoms with Crippen LogP contribution in [0.4, 0.5) is 5.13 Å². The van der Waals surface area contributed by atoms with Crippen LogP contribution in [0.15, 0.2) is 18.2 Å². The Balaban J connectivity index is 1.51. The lowest BCUT2D eigenvalue weighted by atomic mass is 10.2. The molecule has 2 aliphatic rings. The van der Waals surface area contributed by atoms with Crippen LogP contribution >= 0.6 is 11.3 Å². The second kappa shape index (κ2) is 6.14. The molecule has 2 aromatic rings. The number of anilines is 1. The zero-order chi connectivity index (χ0) is 14.9. The summed E-state index contributed by atoms with van der Waals surface area (Å²) in [5.41, 5.74) is 2.45. The summed E-state index contributed by atoms with van der Waals surface area (Å²) in [6, 6.07) is 7.10. The number of hydrogen-bond donors (Lipinski definition) is 0. The average Bonchev–Trinajstić information content (AvgIpc) is 3.13. The summed E-state index contributed by atoms with van der Waals surface area (Å²) in [5.74, 6) is 0. The van der Waals surface area contributed by atoms with Crippen molar-refractivity contribution in [1.29, 1.82) is 0 Å². The first kappa shape index (κ1) is 14.4. The van der Waals surface area contributed by atoms with Crippen LogP contribution in [0.5, 0.6) is 0 Å². The third-order valence-electron chi connectivity index (χ3n) is 4.83. The van der Waals surface area contributed by atoms with E-state index in [4.69, 9.17) is 9.72 Å². The molecule has 3 heterocycles. The zero-order valence-corrected chi connectivity index (χ0v) is 13.9. The molecule has 4 rings (SSSR count). The van der Waals surface area contributed by atoms with Crippen LogP contribution in [0.25, 0.3) is 10.2 Å². The van der Waals surface area contributed by atoms with Gasteiger partial charge in [0.2, 0.25) is 0 Å². The Kier molecular flexibility index (Phi) is 4.03. The van der Waals surface area contributed by atoms with Crippen molar-refractivity contribution < 1.29 is 4.74 Å². The number of benzene rings is 1. The Hall–Kier alpha value is -1.17. The molecule has 0 N–H and O–H groups in total. The fraction of sp³-hybridized carbons (Fsp3) is 0.588. The summed E-state index contributed by atoms with van der Waals surface area (Å²) < 4.78 is 6.86. The van der Waals surface area contributed by atoms with E-state index in [1.54, 1.807) is 0 Å². The third-order valence-corrected chi connectivity index (χ3v) is 5.91. The summed E-state index contributed by atoms with van der Waals surface area (Å²) in [7, 11) is 0. The lowest BCUT2D eigenvalue weighted by Gasteiger charge is -2.26. The maximum Gasteiger partial charge on any atom is 0.186 e. The van der Waals surface area contributed by atoms with E-state index in [-0.39, 0.29) is 0 Å². The zero-order valence-electron chi connectivity index (χ0n) is 13.1. The molecule has 0 radical (unpaired) electrons. The highest BCUT2D eigenvalue weighted by molar-refractivity contribution is 7.22. The summed E-state index contributed by atoms with van der Waals surface area (Å²) in [5, 5.41) is 1.19. The Morgan fingerprint density at radius 2 is 2.18 bits per heavy atom. The van der Waals surface area contributed by atoms with Crippen molar-refractivity contribution in [2.75, 3.05) is 44.3 Å². The second-order valence-corrected chi connectivity index (χ2v) is 7.32. The van der Waals surface area contributed by atoms with E-state index < -0.39 is 0 Å². The van der Waals surface area contributed by atoms with Crippen molar-refractivity contribution in [3.05, 3.63) is 23.8 Å². The van der Waals surface area contributed by atoms with E-state index in [0.29, 0.717) is 6.04 Å². The molecule has 1 unspecified atom stereocenters. The van der Waals surface area contributed by atoms with Gasteiger partial charge in [-0.3, -0.25) is 4.90 Å². The van der Waals surface area contributed by atoms with Gasteiger partial charge in [-0.15, -0.1) is 0 Å². The van der Waals surface area contributed by atoms with Gasteiger partial charge in [0, 0.05) is 38.8 Å². The van der Waals surface area contributed by atoms with Gasteiger partial charge in [0.05, 0.1) is 16.8 Å². The Morgan fingerprint density at radius 1 is 1.23 bits per heavy atom. The average molecular weight is 317 g/mol. The van der Waals surface area contributed by atoms with Gasteiger partial charge in [0.1, 0.15) is 0 Å².